The van der Waals surface area contributed by atoms with Crippen LogP contribution in [0.1, 0.15) is 30.4 Å². The summed E-state index contributed by atoms with van der Waals surface area (Å²) in [4.78, 5) is 12.4. The van der Waals surface area contributed by atoms with Crippen LogP contribution in [0.2, 0.25) is 5.02 Å². The van der Waals surface area contributed by atoms with Crippen LogP contribution in [0.15, 0.2) is 48.5 Å². The van der Waals surface area contributed by atoms with Gasteiger partial charge in [0.2, 0.25) is 5.91 Å². The summed E-state index contributed by atoms with van der Waals surface area (Å²) >= 11 is 6.45. The summed E-state index contributed by atoms with van der Waals surface area (Å²) < 4.78 is 5.54. The first-order valence-corrected chi connectivity index (χ1v) is 9.41. The zero-order valence-corrected chi connectivity index (χ0v) is 15.6. The van der Waals surface area contributed by atoms with Crippen molar-refractivity contribution in [1.29, 1.82) is 0 Å². The highest BCUT2D eigenvalue weighted by molar-refractivity contribution is 6.31. The highest BCUT2D eigenvalue weighted by Crippen LogP contribution is 2.38. The molecule has 0 aromatic heterocycles. The molecule has 3 rings (SSSR count). The van der Waals surface area contributed by atoms with Crippen LogP contribution in [0.25, 0.3) is 0 Å². The molecule has 0 bridgehead atoms. The molecule has 1 fully saturated rings. The highest BCUT2D eigenvalue weighted by atomic mass is 35.5. The third kappa shape index (κ3) is 4.37. The lowest BCUT2D eigenvalue weighted by atomic mass is 9.74. The molecule has 5 heteroatoms. The minimum atomic E-state index is -0.169. The number of para-hydroxylation sites is 1. The van der Waals surface area contributed by atoms with E-state index in [1.165, 1.54) is 0 Å². The van der Waals surface area contributed by atoms with Crippen LogP contribution in [0, 0.1) is 0 Å². The maximum absolute atomic E-state index is 12.4. The Morgan fingerprint density at radius 1 is 1.12 bits per heavy atom. The predicted molar refractivity (Wildman–Crippen MR) is 105 cm³/mol. The first-order valence-electron chi connectivity index (χ1n) is 9.04. The molecule has 138 valence electrons. The van der Waals surface area contributed by atoms with Crippen LogP contribution in [0.5, 0.6) is 0 Å². The van der Waals surface area contributed by atoms with Gasteiger partial charge in [0.25, 0.3) is 0 Å². The van der Waals surface area contributed by atoms with Crippen molar-refractivity contribution in [3.8, 4) is 0 Å². The van der Waals surface area contributed by atoms with Gasteiger partial charge >= 0.3 is 0 Å². The summed E-state index contributed by atoms with van der Waals surface area (Å²) in [5.74, 6) is 0.0335. The molecule has 26 heavy (non-hydrogen) atoms. The van der Waals surface area contributed by atoms with Crippen molar-refractivity contribution in [3.05, 3.63) is 64.7 Å². The smallest absolute Gasteiger partial charge is 0.220 e. The van der Waals surface area contributed by atoms with Gasteiger partial charge in [0.05, 0.1) is 0 Å². The van der Waals surface area contributed by atoms with Crippen LogP contribution in [-0.4, -0.2) is 25.7 Å². The van der Waals surface area contributed by atoms with E-state index in [0.717, 1.165) is 34.7 Å². The first-order chi connectivity index (χ1) is 12.6. The maximum Gasteiger partial charge on any atom is 0.220 e. The first kappa shape index (κ1) is 18.7. The van der Waals surface area contributed by atoms with E-state index in [0.29, 0.717) is 32.6 Å². The van der Waals surface area contributed by atoms with Crippen LogP contribution in [0.4, 0.5) is 5.69 Å². The molecule has 1 saturated heterocycles. The Balaban J connectivity index is 1.64. The van der Waals surface area contributed by atoms with Crippen LogP contribution >= 0.6 is 11.6 Å². The minimum absolute atomic E-state index is 0.0335. The number of rotatable bonds is 6. The summed E-state index contributed by atoms with van der Waals surface area (Å²) in [6, 6.07) is 15.6. The molecule has 0 unspecified atom stereocenters. The van der Waals surface area contributed by atoms with E-state index in [9.17, 15) is 4.79 Å². The molecule has 1 aliphatic heterocycles. The number of aryl methyl sites for hydroxylation is 1. The average molecular weight is 373 g/mol. The fourth-order valence-electron chi connectivity index (χ4n) is 3.56. The van der Waals surface area contributed by atoms with Gasteiger partial charge in [-0.2, -0.15) is 0 Å². The predicted octanol–water partition coefficient (Wildman–Crippen LogP) is 3.72. The topological polar surface area (TPSA) is 64.4 Å². The summed E-state index contributed by atoms with van der Waals surface area (Å²) in [6.07, 6.45) is 2.76. The Kier molecular flexibility index (Phi) is 6.17. The molecule has 0 spiro atoms. The normalized spacial score (nSPS) is 16.2. The van der Waals surface area contributed by atoms with Crippen molar-refractivity contribution >= 4 is 23.2 Å². The minimum Gasteiger partial charge on any atom is -0.399 e. The number of carbonyl (C=O) groups is 1. The monoisotopic (exact) mass is 372 g/mol. The Morgan fingerprint density at radius 3 is 2.54 bits per heavy atom. The summed E-state index contributed by atoms with van der Waals surface area (Å²) in [5.41, 5.74) is 8.62. The third-order valence-electron chi connectivity index (χ3n) is 5.20. The van der Waals surface area contributed by atoms with Gasteiger partial charge in [0, 0.05) is 42.3 Å². The fraction of sp³-hybridized carbons (Fsp3) is 0.381. The van der Waals surface area contributed by atoms with E-state index >= 15 is 0 Å². The van der Waals surface area contributed by atoms with Gasteiger partial charge in [-0.25, -0.2) is 0 Å². The van der Waals surface area contributed by atoms with Gasteiger partial charge in [0.1, 0.15) is 0 Å². The molecule has 0 radical (unpaired) electrons. The quantitative estimate of drug-likeness (QED) is 0.759. The Morgan fingerprint density at radius 2 is 1.81 bits per heavy atom. The molecule has 0 aliphatic carbocycles. The molecule has 0 atom stereocenters. The number of amides is 1. The van der Waals surface area contributed by atoms with Crippen molar-refractivity contribution in [2.45, 2.75) is 31.1 Å². The van der Waals surface area contributed by atoms with Crippen LogP contribution in [0.3, 0.4) is 0 Å². The Labute approximate surface area is 159 Å². The number of anilines is 1. The lowest BCUT2D eigenvalue weighted by Crippen LogP contribution is -2.44. The lowest BCUT2D eigenvalue weighted by molar-refractivity contribution is -0.121. The molecule has 3 N–H and O–H groups in total. The SMILES string of the molecule is Nc1ccccc1CCC(=O)NCC1(c2ccccc2Cl)CCOCC1. The molecule has 4 nitrogen and oxygen atoms in total. The van der Waals surface area contributed by atoms with E-state index in [4.69, 9.17) is 22.1 Å². The zero-order chi connectivity index (χ0) is 18.4. The van der Waals surface area contributed by atoms with Gasteiger partial charge in [-0.3, -0.25) is 4.79 Å². The molecule has 1 aliphatic rings. The van der Waals surface area contributed by atoms with E-state index in [1.54, 1.807) is 0 Å². The second-order valence-electron chi connectivity index (χ2n) is 6.85. The van der Waals surface area contributed by atoms with Gasteiger partial charge in [-0.1, -0.05) is 48.0 Å². The average Bonchev–Trinajstić information content (AvgIpc) is 2.67. The highest BCUT2D eigenvalue weighted by Gasteiger charge is 2.36. The number of nitrogen functional groups attached to an aromatic ring is 1. The van der Waals surface area contributed by atoms with E-state index in [2.05, 4.69) is 11.4 Å². The number of halogens is 1. The third-order valence-corrected chi connectivity index (χ3v) is 5.53. The van der Waals surface area contributed by atoms with Gasteiger partial charge < -0.3 is 15.8 Å². The van der Waals surface area contributed by atoms with Crippen molar-refractivity contribution in [3.63, 3.8) is 0 Å². The second-order valence-corrected chi connectivity index (χ2v) is 7.26. The molecule has 0 saturated carbocycles. The van der Waals surface area contributed by atoms with Gasteiger partial charge in [0.15, 0.2) is 0 Å². The standard InChI is InChI=1S/C21H25ClN2O2/c22-18-7-3-2-6-17(18)21(11-13-26-14-12-21)15-24-20(25)10-9-16-5-1-4-8-19(16)23/h1-8H,9-15,23H2,(H,24,25). The van der Waals surface area contributed by atoms with Crippen molar-refractivity contribution in [2.24, 2.45) is 0 Å². The van der Waals surface area contributed by atoms with E-state index in [-0.39, 0.29) is 11.3 Å². The fourth-order valence-corrected chi connectivity index (χ4v) is 3.90. The molecule has 1 amide bonds. The van der Waals surface area contributed by atoms with Crippen molar-refractivity contribution in [2.75, 3.05) is 25.5 Å². The van der Waals surface area contributed by atoms with Gasteiger partial charge in [-0.05, 0) is 42.5 Å². The Hall–Kier alpha value is -2.04. The van der Waals surface area contributed by atoms with Crippen molar-refractivity contribution < 1.29 is 9.53 Å². The number of hydrogen-bond donors (Lipinski definition) is 2. The number of hydrogen-bond acceptors (Lipinski definition) is 3. The zero-order valence-electron chi connectivity index (χ0n) is 14.8. The number of benzene rings is 2. The molecule has 2 aromatic carbocycles. The van der Waals surface area contributed by atoms with Crippen LogP contribution < -0.4 is 11.1 Å². The molecule has 1 heterocycles. The molecule has 2 aromatic rings. The van der Waals surface area contributed by atoms with E-state index < -0.39 is 0 Å². The van der Waals surface area contributed by atoms with Crippen LogP contribution in [-0.2, 0) is 21.4 Å². The molecular formula is C21H25ClN2O2. The molecular weight excluding hydrogens is 348 g/mol. The number of ether oxygens (including phenoxy) is 1. The van der Waals surface area contributed by atoms with E-state index in [1.807, 2.05) is 42.5 Å². The summed E-state index contributed by atoms with van der Waals surface area (Å²) in [7, 11) is 0. The summed E-state index contributed by atoms with van der Waals surface area (Å²) in [5, 5.41) is 3.87. The second kappa shape index (κ2) is 8.56. The number of nitrogens with two attached hydrogens (primary N) is 1. The number of nitrogens with one attached hydrogen (secondary N) is 1. The van der Waals surface area contributed by atoms with Crippen molar-refractivity contribution in [1.82, 2.24) is 5.32 Å². The summed E-state index contributed by atoms with van der Waals surface area (Å²) in [6.45, 7) is 1.94. The maximum atomic E-state index is 12.4. The van der Waals surface area contributed by atoms with Gasteiger partial charge in [-0.15, -0.1) is 0 Å². The largest absolute Gasteiger partial charge is 0.399 e. The Bertz CT molecular complexity index is 757. The number of carbonyl (C=O) groups excluding carboxylic acids is 1. The lowest BCUT2D eigenvalue weighted by Gasteiger charge is -2.38.